The molecule has 0 saturated carbocycles. The molecule has 0 radical (unpaired) electrons. The van der Waals surface area contributed by atoms with Gasteiger partial charge in [-0.05, 0) is 12.1 Å². The van der Waals surface area contributed by atoms with Crippen LogP contribution in [0.4, 0.5) is 0 Å². The molecule has 110 valence electrons. The van der Waals surface area contributed by atoms with E-state index in [1.807, 2.05) is 22.8 Å². The summed E-state index contributed by atoms with van der Waals surface area (Å²) in [7, 11) is -1.42. The summed E-state index contributed by atoms with van der Waals surface area (Å²) >= 11 is 5.79. The third-order valence-electron chi connectivity index (χ3n) is 3.04. The molecule has 0 unspecified atom stereocenters. The maximum absolute atomic E-state index is 11.4. The van der Waals surface area contributed by atoms with Gasteiger partial charge in [-0.3, -0.25) is 0 Å². The second kappa shape index (κ2) is 6.01. The van der Waals surface area contributed by atoms with Crippen LogP contribution >= 0.6 is 11.6 Å². The number of ether oxygens (including phenoxy) is 1. The molecule has 0 fully saturated rings. The van der Waals surface area contributed by atoms with Crippen molar-refractivity contribution in [3.05, 3.63) is 24.0 Å². The molecule has 5 nitrogen and oxygen atoms in total. The Kier molecular flexibility index (Phi) is 4.55. The number of nitrogens with zero attached hydrogens (tertiary/aromatic N) is 2. The minimum Gasteiger partial charge on any atom is -0.497 e. The van der Waals surface area contributed by atoms with Crippen LogP contribution in [0.25, 0.3) is 11.0 Å². The fourth-order valence-corrected chi connectivity index (χ4v) is 2.75. The van der Waals surface area contributed by atoms with E-state index in [2.05, 4.69) is 4.98 Å². The molecular formula is C13H17ClN2O3S. The summed E-state index contributed by atoms with van der Waals surface area (Å²) in [5, 5.41) is 0. The summed E-state index contributed by atoms with van der Waals surface area (Å²) in [6, 6.07) is 5.57. The fourth-order valence-electron chi connectivity index (χ4n) is 2.07. The third kappa shape index (κ3) is 3.43. The number of halogens is 1. The molecule has 7 heteroatoms. The number of rotatable bonds is 6. The van der Waals surface area contributed by atoms with E-state index in [1.165, 1.54) is 6.26 Å². The van der Waals surface area contributed by atoms with E-state index >= 15 is 0 Å². The van der Waals surface area contributed by atoms with Crippen molar-refractivity contribution in [1.82, 2.24) is 9.55 Å². The average molecular weight is 317 g/mol. The number of methoxy groups -OCH3 is 1. The number of fused-ring (bicyclic) bond motifs is 1. The SMILES string of the molecule is COc1ccc2c(c1)nc(CCCl)n2CCS(C)(=O)=O. The van der Waals surface area contributed by atoms with Crippen molar-refractivity contribution >= 4 is 32.5 Å². The van der Waals surface area contributed by atoms with Crippen molar-refractivity contribution < 1.29 is 13.2 Å². The van der Waals surface area contributed by atoms with Gasteiger partial charge in [-0.15, -0.1) is 11.6 Å². The van der Waals surface area contributed by atoms with Crippen LogP contribution in [0.2, 0.25) is 0 Å². The van der Waals surface area contributed by atoms with Crippen LogP contribution in [0.5, 0.6) is 5.75 Å². The summed E-state index contributed by atoms with van der Waals surface area (Å²) in [6.07, 6.45) is 1.83. The van der Waals surface area contributed by atoms with E-state index in [-0.39, 0.29) is 5.75 Å². The Bertz CT molecular complexity index is 710. The molecule has 1 aromatic heterocycles. The second-order valence-electron chi connectivity index (χ2n) is 4.60. The Hall–Kier alpha value is -1.27. The molecule has 0 saturated heterocycles. The lowest BCUT2D eigenvalue weighted by molar-refractivity contribution is 0.415. The number of hydrogen-bond acceptors (Lipinski definition) is 4. The molecule has 0 atom stereocenters. The molecule has 2 rings (SSSR count). The largest absolute Gasteiger partial charge is 0.497 e. The normalized spacial score (nSPS) is 11.9. The van der Waals surface area contributed by atoms with Crippen molar-refractivity contribution in [1.29, 1.82) is 0 Å². The van der Waals surface area contributed by atoms with Gasteiger partial charge in [-0.1, -0.05) is 0 Å². The average Bonchev–Trinajstić information content (AvgIpc) is 2.72. The second-order valence-corrected chi connectivity index (χ2v) is 7.24. The van der Waals surface area contributed by atoms with Crippen LogP contribution < -0.4 is 4.74 Å². The van der Waals surface area contributed by atoms with Crippen molar-refractivity contribution in [3.63, 3.8) is 0 Å². The maximum atomic E-state index is 11.4. The molecule has 0 aliphatic carbocycles. The van der Waals surface area contributed by atoms with Crippen LogP contribution in [0, 0.1) is 0 Å². The van der Waals surface area contributed by atoms with Gasteiger partial charge in [-0.25, -0.2) is 13.4 Å². The Labute approximate surface area is 123 Å². The number of sulfone groups is 1. The molecule has 0 aliphatic heterocycles. The predicted molar refractivity (Wildman–Crippen MR) is 80.4 cm³/mol. The lowest BCUT2D eigenvalue weighted by atomic mass is 10.3. The van der Waals surface area contributed by atoms with Gasteiger partial charge in [0.25, 0.3) is 0 Å². The highest BCUT2D eigenvalue weighted by molar-refractivity contribution is 7.90. The molecular weight excluding hydrogens is 300 g/mol. The highest BCUT2D eigenvalue weighted by Crippen LogP contribution is 2.22. The third-order valence-corrected chi connectivity index (χ3v) is 4.15. The zero-order chi connectivity index (χ0) is 14.8. The number of hydrogen-bond donors (Lipinski definition) is 0. The number of benzene rings is 1. The zero-order valence-electron chi connectivity index (χ0n) is 11.5. The first-order valence-corrected chi connectivity index (χ1v) is 8.81. The van der Waals surface area contributed by atoms with Crippen LogP contribution in [0.1, 0.15) is 5.82 Å². The van der Waals surface area contributed by atoms with Crippen LogP contribution in [0.15, 0.2) is 18.2 Å². The smallest absolute Gasteiger partial charge is 0.149 e. The van der Waals surface area contributed by atoms with Crippen molar-refractivity contribution in [2.24, 2.45) is 0 Å². The molecule has 0 amide bonds. The molecule has 20 heavy (non-hydrogen) atoms. The van der Waals surface area contributed by atoms with Gasteiger partial charge >= 0.3 is 0 Å². The van der Waals surface area contributed by atoms with Gasteiger partial charge < -0.3 is 9.30 Å². The fraction of sp³-hybridized carbons (Fsp3) is 0.462. The van der Waals surface area contributed by atoms with E-state index in [4.69, 9.17) is 16.3 Å². The summed E-state index contributed by atoms with van der Waals surface area (Å²) in [6.45, 7) is 0.383. The van der Waals surface area contributed by atoms with Crippen molar-refractivity contribution in [2.75, 3.05) is 25.0 Å². The molecule has 0 bridgehead atoms. The minimum atomic E-state index is -3.02. The standard InChI is InChI=1S/C13H17ClN2O3S/c1-19-10-3-4-12-11(9-10)15-13(5-6-14)16(12)7-8-20(2,17)18/h3-4,9H,5-8H2,1-2H3. The van der Waals surface area contributed by atoms with E-state index < -0.39 is 9.84 Å². The Morgan fingerprint density at radius 2 is 2.15 bits per heavy atom. The molecule has 0 aliphatic rings. The molecule has 0 spiro atoms. The quantitative estimate of drug-likeness (QED) is 0.763. The Morgan fingerprint density at radius 1 is 1.40 bits per heavy atom. The van der Waals surface area contributed by atoms with E-state index in [1.54, 1.807) is 7.11 Å². The summed E-state index contributed by atoms with van der Waals surface area (Å²) in [4.78, 5) is 4.52. The van der Waals surface area contributed by atoms with Gasteiger partial charge in [0.2, 0.25) is 0 Å². The first kappa shape index (κ1) is 15.1. The zero-order valence-corrected chi connectivity index (χ0v) is 13.0. The van der Waals surface area contributed by atoms with Crippen molar-refractivity contribution in [2.45, 2.75) is 13.0 Å². The summed E-state index contributed by atoms with van der Waals surface area (Å²) < 4.78 is 29.8. The van der Waals surface area contributed by atoms with Gasteiger partial charge in [-0.2, -0.15) is 0 Å². The first-order valence-electron chi connectivity index (χ1n) is 6.21. The van der Waals surface area contributed by atoms with Gasteiger partial charge in [0.05, 0.1) is 23.9 Å². The lowest BCUT2D eigenvalue weighted by Gasteiger charge is -2.07. The maximum Gasteiger partial charge on any atom is 0.149 e. The highest BCUT2D eigenvalue weighted by atomic mass is 35.5. The summed E-state index contributed by atoms with van der Waals surface area (Å²) in [5.74, 6) is 2.05. The summed E-state index contributed by atoms with van der Waals surface area (Å²) in [5.41, 5.74) is 1.69. The highest BCUT2D eigenvalue weighted by Gasteiger charge is 2.13. The van der Waals surface area contributed by atoms with Crippen LogP contribution in [-0.2, 0) is 22.8 Å². The number of alkyl halides is 1. The van der Waals surface area contributed by atoms with Gasteiger partial charge in [0.15, 0.2) is 0 Å². The van der Waals surface area contributed by atoms with Crippen molar-refractivity contribution in [3.8, 4) is 5.75 Å². The van der Waals surface area contributed by atoms with Crippen LogP contribution in [-0.4, -0.2) is 43.0 Å². The van der Waals surface area contributed by atoms with E-state index in [0.29, 0.717) is 18.8 Å². The predicted octanol–water partition coefficient (Wildman–Crippen LogP) is 1.87. The van der Waals surface area contributed by atoms with Crippen LogP contribution in [0.3, 0.4) is 0 Å². The molecule has 2 aromatic rings. The Morgan fingerprint density at radius 3 is 2.75 bits per heavy atom. The molecule has 0 N–H and O–H groups in total. The Balaban J connectivity index is 2.45. The molecule has 1 heterocycles. The van der Waals surface area contributed by atoms with E-state index in [9.17, 15) is 8.42 Å². The van der Waals surface area contributed by atoms with E-state index in [0.717, 1.165) is 22.6 Å². The molecule has 1 aromatic carbocycles. The van der Waals surface area contributed by atoms with Gasteiger partial charge in [0.1, 0.15) is 21.4 Å². The first-order chi connectivity index (χ1) is 9.44. The lowest BCUT2D eigenvalue weighted by Crippen LogP contribution is -2.13. The minimum absolute atomic E-state index is 0.0831. The topological polar surface area (TPSA) is 61.2 Å². The number of imidazole rings is 1. The van der Waals surface area contributed by atoms with Gasteiger partial charge in [0, 0.05) is 31.2 Å². The monoisotopic (exact) mass is 316 g/mol. The number of aryl methyl sites for hydroxylation is 2. The number of aromatic nitrogens is 2.